The number of H-pyrrole nitrogens is 1. The summed E-state index contributed by atoms with van der Waals surface area (Å²) in [5.41, 5.74) is -0.180. The largest absolute Gasteiger partial charge is 0.503 e. The van der Waals surface area contributed by atoms with E-state index in [0.29, 0.717) is 11.6 Å². The Balaban J connectivity index is 2.42. The molecule has 0 bridgehead atoms. The van der Waals surface area contributed by atoms with Gasteiger partial charge in [-0.25, -0.2) is 8.78 Å². The zero-order valence-corrected chi connectivity index (χ0v) is 10.2. The fourth-order valence-electron chi connectivity index (χ4n) is 2.14. The van der Waals surface area contributed by atoms with E-state index in [2.05, 4.69) is 4.98 Å². The third-order valence-corrected chi connectivity index (χ3v) is 3.06. The van der Waals surface area contributed by atoms with E-state index < -0.39 is 22.8 Å². The van der Waals surface area contributed by atoms with E-state index >= 15 is 0 Å². The molecule has 3 aromatic rings. The van der Waals surface area contributed by atoms with Crippen LogP contribution in [0.15, 0.2) is 47.3 Å². The molecule has 1 aromatic heterocycles. The van der Waals surface area contributed by atoms with Crippen molar-refractivity contribution < 1.29 is 13.9 Å². The molecule has 0 radical (unpaired) electrons. The summed E-state index contributed by atoms with van der Waals surface area (Å²) >= 11 is 0. The Kier molecular flexibility index (Phi) is 2.75. The summed E-state index contributed by atoms with van der Waals surface area (Å²) in [4.78, 5) is 14.7. The van der Waals surface area contributed by atoms with Crippen molar-refractivity contribution in [2.75, 3.05) is 0 Å². The number of hydrogen-bond donors (Lipinski definition) is 2. The van der Waals surface area contributed by atoms with Crippen LogP contribution in [0.5, 0.6) is 5.75 Å². The average Bonchev–Trinajstić information content (AvgIpc) is 2.43. The van der Waals surface area contributed by atoms with Crippen LogP contribution in [0.1, 0.15) is 0 Å². The van der Waals surface area contributed by atoms with Crippen LogP contribution in [-0.4, -0.2) is 10.1 Å². The number of halogens is 2. The molecule has 3 rings (SSSR count). The van der Waals surface area contributed by atoms with Crippen LogP contribution in [0.4, 0.5) is 8.78 Å². The maximum atomic E-state index is 13.7. The summed E-state index contributed by atoms with van der Waals surface area (Å²) in [6.07, 6.45) is 0. The first-order chi connectivity index (χ1) is 9.58. The molecule has 1 heterocycles. The van der Waals surface area contributed by atoms with Gasteiger partial charge in [0.25, 0.3) is 0 Å². The van der Waals surface area contributed by atoms with Crippen LogP contribution in [0.25, 0.3) is 22.2 Å². The fraction of sp³-hybridized carbons (Fsp3) is 0. The van der Waals surface area contributed by atoms with Gasteiger partial charge >= 0.3 is 0 Å². The SMILES string of the molecule is O=c1c(O)c(-c2ccccc2)[nH]c2cc(F)cc(F)c12. The first-order valence-electron chi connectivity index (χ1n) is 5.87. The Morgan fingerprint density at radius 3 is 2.45 bits per heavy atom. The maximum absolute atomic E-state index is 13.7. The number of rotatable bonds is 1. The van der Waals surface area contributed by atoms with Crippen molar-refractivity contribution in [1.29, 1.82) is 0 Å². The number of benzene rings is 2. The monoisotopic (exact) mass is 273 g/mol. The lowest BCUT2D eigenvalue weighted by molar-refractivity contribution is 0.470. The second-order valence-electron chi connectivity index (χ2n) is 4.35. The quantitative estimate of drug-likeness (QED) is 0.715. The number of fused-ring (bicyclic) bond motifs is 1. The molecule has 0 aliphatic heterocycles. The van der Waals surface area contributed by atoms with Gasteiger partial charge in [0.15, 0.2) is 5.75 Å². The van der Waals surface area contributed by atoms with Gasteiger partial charge in [-0.05, 0) is 6.07 Å². The van der Waals surface area contributed by atoms with Crippen LogP contribution in [0.2, 0.25) is 0 Å². The highest BCUT2D eigenvalue weighted by molar-refractivity contribution is 5.85. The molecule has 0 amide bonds. The molecule has 2 N–H and O–H groups in total. The van der Waals surface area contributed by atoms with Gasteiger partial charge in [-0.15, -0.1) is 0 Å². The van der Waals surface area contributed by atoms with Crippen LogP contribution < -0.4 is 5.43 Å². The topological polar surface area (TPSA) is 53.1 Å². The van der Waals surface area contributed by atoms with Crippen LogP contribution in [-0.2, 0) is 0 Å². The zero-order chi connectivity index (χ0) is 14.3. The van der Waals surface area contributed by atoms with E-state index in [0.717, 1.165) is 6.07 Å². The van der Waals surface area contributed by atoms with Crippen molar-refractivity contribution in [2.24, 2.45) is 0 Å². The molecule has 100 valence electrons. The number of aromatic amines is 1. The predicted molar refractivity (Wildman–Crippen MR) is 71.6 cm³/mol. The zero-order valence-electron chi connectivity index (χ0n) is 10.2. The molecule has 0 saturated heterocycles. The smallest absolute Gasteiger partial charge is 0.234 e. The Bertz CT molecular complexity index is 857. The Morgan fingerprint density at radius 2 is 1.75 bits per heavy atom. The van der Waals surface area contributed by atoms with E-state index in [1.165, 1.54) is 0 Å². The molecule has 2 aromatic carbocycles. The van der Waals surface area contributed by atoms with Gasteiger partial charge in [-0.1, -0.05) is 30.3 Å². The summed E-state index contributed by atoms with van der Waals surface area (Å²) in [6.45, 7) is 0. The van der Waals surface area contributed by atoms with Crippen molar-refractivity contribution in [3.63, 3.8) is 0 Å². The van der Waals surface area contributed by atoms with Crippen molar-refractivity contribution in [3.05, 3.63) is 64.3 Å². The molecule has 0 spiro atoms. The molecule has 0 atom stereocenters. The Labute approximate surface area is 112 Å². The van der Waals surface area contributed by atoms with Crippen molar-refractivity contribution in [2.45, 2.75) is 0 Å². The van der Waals surface area contributed by atoms with Crippen LogP contribution >= 0.6 is 0 Å². The normalized spacial score (nSPS) is 10.9. The van der Waals surface area contributed by atoms with E-state index in [9.17, 15) is 18.7 Å². The van der Waals surface area contributed by atoms with Crippen LogP contribution in [0, 0.1) is 11.6 Å². The summed E-state index contributed by atoms with van der Waals surface area (Å²) in [7, 11) is 0. The second kappa shape index (κ2) is 4.45. The first-order valence-corrected chi connectivity index (χ1v) is 5.87. The second-order valence-corrected chi connectivity index (χ2v) is 4.35. The van der Waals surface area contributed by atoms with E-state index in [-0.39, 0.29) is 16.6 Å². The van der Waals surface area contributed by atoms with Gasteiger partial charge in [-0.2, -0.15) is 0 Å². The van der Waals surface area contributed by atoms with Gasteiger partial charge in [0.05, 0.1) is 16.6 Å². The molecular weight excluding hydrogens is 264 g/mol. The van der Waals surface area contributed by atoms with E-state index in [4.69, 9.17) is 0 Å². The van der Waals surface area contributed by atoms with Gasteiger partial charge in [-0.3, -0.25) is 4.79 Å². The molecule has 20 heavy (non-hydrogen) atoms. The number of hydrogen-bond acceptors (Lipinski definition) is 2. The van der Waals surface area contributed by atoms with Crippen molar-refractivity contribution >= 4 is 10.9 Å². The fourth-order valence-corrected chi connectivity index (χ4v) is 2.14. The number of aromatic hydroxyl groups is 1. The van der Waals surface area contributed by atoms with Gasteiger partial charge in [0.2, 0.25) is 5.43 Å². The number of pyridine rings is 1. The summed E-state index contributed by atoms with van der Waals surface area (Å²) in [5.74, 6) is -2.39. The molecule has 3 nitrogen and oxygen atoms in total. The Hall–Kier alpha value is -2.69. The highest BCUT2D eigenvalue weighted by Gasteiger charge is 2.16. The summed E-state index contributed by atoms with van der Waals surface area (Å²) in [5, 5.41) is 9.58. The lowest BCUT2D eigenvalue weighted by Gasteiger charge is -2.08. The molecule has 0 unspecified atom stereocenters. The van der Waals surface area contributed by atoms with Gasteiger partial charge in [0.1, 0.15) is 11.6 Å². The Morgan fingerprint density at radius 1 is 1.05 bits per heavy atom. The van der Waals surface area contributed by atoms with E-state index in [1.807, 2.05) is 0 Å². The molecule has 5 heteroatoms. The average molecular weight is 273 g/mol. The highest BCUT2D eigenvalue weighted by atomic mass is 19.1. The molecule has 0 saturated carbocycles. The van der Waals surface area contributed by atoms with E-state index in [1.54, 1.807) is 30.3 Å². The number of nitrogens with one attached hydrogen (secondary N) is 1. The first kappa shape index (κ1) is 12.3. The minimum Gasteiger partial charge on any atom is -0.503 e. The molecule has 0 aliphatic carbocycles. The molecular formula is C15H9F2NO2. The molecule has 0 aliphatic rings. The maximum Gasteiger partial charge on any atom is 0.234 e. The number of aromatic nitrogens is 1. The van der Waals surface area contributed by atoms with Gasteiger partial charge < -0.3 is 10.1 Å². The van der Waals surface area contributed by atoms with Crippen LogP contribution in [0.3, 0.4) is 0 Å². The van der Waals surface area contributed by atoms with Gasteiger partial charge in [0, 0.05) is 11.6 Å². The lowest BCUT2D eigenvalue weighted by atomic mass is 10.1. The third-order valence-electron chi connectivity index (χ3n) is 3.06. The van der Waals surface area contributed by atoms with Crippen molar-refractivity contribution in [1.82, 2.24) is 4.98 Å². The summed E-state index contributed by atoms with van der Waals surface area (Å²) < 4.78 is 26.9. The molecule has 0 fully saturated rings. The standard InChI is InChI=1S/C15H9F2NO2/c16-9-6-10(17)12-11(7-9)18-13(15(20)14(12)19)8-4-2-1-3-5-8/h1-7,20H,(H,18,19). The summed E-state index contributed by atoms with van der Waals surface area (Å²) in [6, 6.07) is 10.2. The minimum absolute atomic E-state index is 0.00385. The highest BCUT2D eigenvalue weighted by Crippen LogP contribution is 2.27. The van der Waals surface area contributed by atoms with Crippen molar-refractivity contribution in [3.8, 4) is 17.0 Å². The third kappa shape index (κ3) is 1.84. The lowest BCUT2D eigenvalue weighted by Crippen LogP contribution is -2.07. The minimum atomic E-state index is -1.00. The predicted octanol–water partition coefficient (Wildman–Crippen LogP) is 3.18.